The number of carbonyl (C=O) groups excluding carboxylic acids is 1. The molecule has 2 N–H and O–H groups in total. The number of rotatable bonds is 9. The molecule has 4 rings (SSSR count). The highest BCUT2D eigenvalue weighted by atomic mass is 32.2. The van der Waals surface area contributed by atoms with E-state index in [1.165, 1.54) is 18.4 Å². The minimum Gasteiger partial charge on any atom is -0.350 e. The molecule has 0 aromatic heterocycles. The van der Waals surface area contributed by atoms with Crippen LogP contribution in [0.3, 0.4) is 0 Å². The molecular weight excluding hydrogens is 436 g/mol. The zero-order chi connectivity index (χ0) is 23.3. The molecule has 2 aliphatic heterocycles. The molecular formula is C25H32N4O3S. The smallest absolute Gasteiger partial charge is 0.263 e. The fraction of sp³-hybridized carbons (Fsp3) is 0.440. The normalized spacial score (nSPS) is 19.2. The highest BCUT2D eigenvalue weighted by molar-refractivity contribution is 7.90. The van der Waals surface area contributed by atoms with E-state index in [2.05, 4.69) is 39.0 Å². The SMILES string of the molecule is CCCCC(N=C1NS(=O)(=O)c2ccccc21)C(=O)NCc1ccccc1CN1CCCC1. The molecule has 33 heavy (non-hydrogen) atoms. The molecule has 1 unspecified atom stereocenters. The van der Waals surface area contributed by atoms with Crippen LogP contribution < -0.4 is 10.0 Å². The van der Waals surface area contributed by atoms with E-state index in [4.69, 9.17) is 0 Å². The van der Waals surface area contributed by atoms with Crippen LogP contribution in [-0.2, 0) is 27.9 Å². The predicted molar refractivity (Wildman–Crippen MR) is 129 cm³/mol. The van der Waals surface area contributed by atoms with Gasteiger partial charge in [0.1, 0.15) is 11.9 Å². The van der Waals surface area contributed by atoms with Gasteiger partial charge >= 0.3 is 0 Å². The summed E-state index contributed by atoms with van der Waals surface area (Å²) < 4.78 is 27.4. The summed E-state index contributed by atoms with van der Waals surface area (Å²) in [6.07, 6.45) is 4.80. The Kier molecular flexibility index (Phi) is 7.45. The molecule has 0 aliphatic carbocycles. The maximum absolute atomic E-state index is 13.1. The minimum absolute atomic E-state index is 0.185. The lowest BCUT2D eigenvalue weighted by Gasteiger charge is -2.19. The Hall–Kier alpha value is -2.71. The first-order valence-corrected chi connectivity index (χ1v) is 13.2. The van der Waals surface area contributed by atoms with Crippen molar-refractivity contribution in [1.29, 1.82) is 0 Å². The number of sulfonamides is 1. The zero-order valence-electron chi connectivity index (χ0n) is 19.1. The van der Waals surface area contributed by atoms with Gasteiger partial charge < -0.3 is 5.32 Å². The molecule has 1 amide bonds. The van der Waals surface area contributed by atoms with E-state index in [1.807, 2.05) is 12.1 Å². The van der Waals surface area contributed by atoms with Crippen LogP contribution in [0.15, 0.2) is 58.4 Å². The van der Waals surface area contributed by atoms with E-state index >= 15 is 0 Å². The second kappa shape index (κ2) is 10.5. The largest absolute Gasteiger partial charge is 0.350 e. The average molecular weight is 469 g/mol. The number of aliphatic imine (C=N–C) groups is 1. The third-order valence-electron chi connectivity index (χ3n) is 6.25. The van der Waals surface area contributed by atoms with Gasteiger partial charge in [0.15, 0.2) is 0 Å². The summed E-state index contributed by atoms with van der Waals surface area (Å²) in [5.74, 6) is 0.0618. The number of carbonyl (C=O) groups is 1. The lowest BCUT2D eigenvalue weighted by atomic mass is 10.1. The number of amidine groups is 1. The molecule has 176 valence electrons. The van der Waals surface area contributed by atoms with Gasteiger partial charge in [0.25, 0.3) is 10.0 Å². The van der Waals surface area contributed by atoms with Gasteiger partial charge in [-0.25, -0.2) is 8.42 Å². The Morgan fingerprint density at radius 1 is 1.09 bits per heavy atom. The van der Waals surface area contributed by atoms with Gasteiger partial charge in [-0.3, -0.25) is 19.4 Å². The van der Waals surface area contributed by atoms with Gasteiger partial charge in [-0.1, -0.05) is 56.2 Å². The molecule has 0 radical (unpaired) electrons. The van der Waals surface area contributed by atoms with Crippen LogP contribution in [0.4, 0.5) is 0 Å². The second-order valence-electron chi connectivity index (χ2n) is 8.71. The van der Waals surface area contributed by atoms with Crippen molar-refractivity contribution in [2.75, 3.05) is 13.1 Å². The molecule has 7 nitrogen and oxygen atoms in total. The number of benzene rings is 2. The van der Waals surface area contributed by atoms with Crippen molar-refractivity contribution < 1.29 is 13.2 Å². The Morgan fingerprint density at radius 3 is 2.55 bits per heavy atom. The fourth-order valence-corrected chi connectivity index (χ4v) is 5.64. The number of likely N-dealkylation sites (tertiary alicyclic amines) is 1. The van der Waals surface area contributed by atoms with Gasteiger partial charge in [0.2, 0.25) is 5.91 Å². The maximum atomic E-state index is 13.1. The van der Waals surface area contributed by atoms with Gasteiger partial charge in [-0.05, 0) is 55.6 Å². The molecule has 2 heterocycles. The number of hydrogen-bond donors (Lipinski definition) is 2. The Labute approximate surface area is 196 Å². The zero-order valence-corrected chi connectivity index (χ0v) is 19.9. The van der Waals surface area contributed by atoms with Crippen LogP contribution in [0.2, 0.25) is 0 Å². The summed E-state index contributed by atoms with van der Waals surface area (Å²) in [6, 6.07) is 14.3. The van der Waals surface area contributed by atoms with Crippen molar-refractivity contribution in [3.05, 3.63) is 65.2 Å². The lowest BCUT2D eigenvalue weighted by Crippen LogP contribution is -2.35. The highest BCUT2D eigenvalue weighted by Crippen LogP contribution is 2.23. The molecule has 2 aromatic rings. The second-order valence-corrected chi connectivity index (χ2v) is 10.4. The molecule has 0 saturated carbocycles. The molecule has 1 fully saturated rings. The maximum Gasteiger partial charge on any atom is 0.263 e. The third kappa shape index (κ3) is 5.62. The first-order valence-electron chi connectivity index (χ1n) is 11.7. The summed E-state index contributed by atoms with van der Waals surface area (Å²) in [4.78, 5) is 20.4. The number of fused-ring (bicyclic) bond motifs is 1. The average Bonchev–Trinajstić information content (AvgIpc) is 3.41. The number of nitrogens with zero attached hydrogens (tertiary/aromatic N) is 2. The number of nitrogens with one attached hydrogen (secondary N) is 2. The van der Waals surface area contributed by atoms with Crippen LogP contribution in [0.1, 0.15) is 55.7 Å². The summed E-state index contributed by atoms with van der Waals surface area (Å²) in [5.41, 5.74) is 2.85. The van der Waals surface area contributed by atoms with E-state index in [0.717, 1.165) is 38.0 Å². The van der Waals surface area contributed by atoms with Crippen molar-refractivity contribution in [3.8, 4) is 0 Å². The van der Waals surface area contributed by atoms with Gasteiger partial charge in [0, 0.05) is 18.7 Å². The van der Waals surface area contributed by atoms with E-state index in [0.29, 0.717) is 18.5 Å². The van der Waals surface area contributed by atoms with Crippen LogP contribution in [0.5, 0.6) is 0 Å². The Bertz CT molecular complexity index is 1120. The van der Waals surface area contributed by atoms with Crippen LogP contribution >= 0.6 is 0 Å². The molecule has 8 heteroatoms. The quantitative estimate of drug-likeness (QED) is 0.591. The van der Waals surface area contributed by atoms with Crippen molar-refractivity contribution in [1.82, 2.24) is 14.9 Å². The highest BCUT2D eigenvalue weighted by Gasteiger charge is 2.31. The Balaban J connectivity index is 1.49. The standard InChI is InChI=1S/C25H32N4O3S/c1-2-3-13-22(27-24-21-12-6-7-14-23(21)33(31,32)28-24)25(30)26-17-19-10-4-5-11-20(19)18-29-15-8-9-16-29/h4-7,10-12,14,22H,2-3,8-9,13,15-18H2,1H3,(H,26,30)(H,27,28). The Morgan fingerprint density at radius 2 is 1.79 bits per heavy atom. The van der Waals surface area contributed by atoms with Gasteiger partial charge in [0.05, 0.1) is 4.90 Å². The number of unbranched alkanes of at least 4 members (excludes halogenated alkanes) is 1. The minimum atomic E-state index is -3.64. The topological polar surface area (TPSA) is 90.9 Å². The summed E-state index contributed by atoms with van der Waals surface area (Å²) in [5, 5.41) is 3.05. The first-order chi connectivity index (χ1) is 16.0. The van der Waals surface area contributed by atoms with E-state index in [-0.39, 0.29) is 16.6 Å². The molecule has 0 bridgehead atoms. The molecule has 1 saturated heterocycles. The van der Waals surface area contributed by atoms with Gasteiger partial charge in [-0.2, -0.15) is 0 Å². The lowest BCUT2D eigenvalue weighted by molar-refractivity contribution is -0.122. The molecule has 1 atom stereocenters. The molecule has 2 aliphatic rings. The molecule has 2 aromatic carbocycles. The van der Waals surface area contributed by atoms with Crippen LogP contribution in [0.25, 0.3) is 0 Å². The molecule has 0 spiro atoms. The predicted octanol–water partition coefficient (Wildman–Crippen LogP) is 3.20. The van der Waals surface area contributed by atoms with Crippen molar-refractivity contribution in [2.24, 2.45) is 4.99 Å². The van der Waals surface area contributed by atoms with Crippen molar-refractivity contribution in [3.63, 3.8) is 0 Å². The third-order valence-corrected chi connectivity index (χ3v) is 7.64. The van der Waals surface area contributed by atoms with Crippen molar-refractivity contribution in [2.45, 2.75) is 63.1 Å². The van der Waals surface area contributed by atoms with Crippen LogP contribution in [0, 0.1) is 0 Å². The van der Waals surface area contributed by atoms with E-state index in [9.17, 15) is 13.2 Å². The monoisotopic (exact) mass is 468 g/mol. The summed E-state index contributed by atoms with van der Waals surface area (Å²) >= 11 is 0. The van der Waals surface area contributed by atoms with Crippen LogP contribution in [-0.4, -0.2) is 44.2 Å². The van der Waals surface area contributed by atoms with Crippen molar-refractivity contribution >= 4 is 21.8 Å². The summed E-state index contributed by atoms with van der Waals surface area (Å²) in [7, 11) is -3.64. The number of amides is 1. The number of hydrogen-bond acceptors (Lipinski definition) is 5. The summed E-state index contributed by atoms with van der Waals surface area (Å²) in [6.45, 7) is 5.62. The van der Waals surface area contributed by atoms with Gasteiger partial charge in [-0.15, -0.1) is 0 Å². The van der Waals surface area contributed by atoms with E-state index in [1.54, 1.807) is 24.3 Å². The fourth-order valence-electron chi connectivity index (χ4n) is 4.40. The van der Waals surface area contributed by atoms with E-state index < -0.39 is 16.1 Å². The first kappa shape index (κ1) is 23.4.